The highest BCUT2D eigenvalue weighted by atomic mass is 32.1. The Morgan fingerprint density at radius 1 is 0.925 bits per heavy atom. The van der Waals surface area contributed by atoms with E-state index in [9.17, 15) is 9.46 Å². The molecule has 0 aliphatic heterocycles. The van der Waals surface area contributed by atoms with Crippen LogP contribution in [0.15, 0.2) is 36.0 Å². The van der Waals surface area contributed by atoms with Gasteiger partial charge in [0.2, 0.25) is 5.51 Å². The summed E-state index contributed by atoms with van der Waals surface area (Å²) in [5, 5.41) is 0. The Hall–Kier alpha value is -1.28. The molecule has 0 saturated heterocycles. The first-order valence-corrected chi connectivity index (χ1v) is 17.6. The Balaban J connectivity index is 1.50. The predicted octanol–water partition coefficient (Wildman–Crippen LogP) is 8.40. The summed E-state index contributed by atoms with van der Waals surface area (Å²) in [5.41, 5.74) is 3.00. The minimum Gasteiger partial charge on any atom is -0.404 e. The van der Waals surface area contributed by atoms with E-state index >= 15 is 0 Å². The van der Waals surface area contributed by atoms with E-state index in [1.54, 1.807) is 36.6 Å². The molecule has 228 valence electrons. The number of ether oxygens (including phenoxy) is 2. The number of rotatable bonds is 25. The molecule has 40 heavy (non-hydrogen) atoms. The van der Waals surface area contributed by atoms with Crippen molar-refractivity contribution in [2.24, 2.45) is 0 Å². The molecule has 2 atom stereocenters. The van der Waals surface area contributed by atoms with Gasteiger partial charge in [0.1, 0.15) is 11.9 Å². The van der Waals surface area contributed by atoms with Crippen molar-refractivity contribution in [1.82, 2.24) is 0 Å². The number of hydrogen-bond acceptors (Lipinski definition) is 6. The first-order chi connectivity index (χ1) is 19.4. The van der Waals surface area contributed by atoms with E-state index in [0.717, 1.165) is 18.4 Å². The topological polar surface area (TPSA) is 78.1 Å². The van der Waals surface area contributed by atoms with Gasteiger partial charge in [0.05, 0.1) is 18.1 Å². The van der Waals surface area contributed by atoms with Crippen molar-refractivity contribution < 1.29 is 32.5 Å². The zero-order chi connectivity index (χ0) is 28.9. The smallest absolute Gasteiger partial charge is 0.404 e. The van der Waals surface area contributed by atoms with Gasteiger partial charge in [-0.2, -0.15) is 4.57 Å². The number of unbranched alkanes of at least 4 members (excludes halogenated alkanes) is 13. The highest BCUT2D eigenvalue weighted by molar-refractivity contribution is 7.47. The molecule has 0 saturated carbocycles. The summed E-state index contributed by atoms with van der Waals surface area (Å²) < 4.78 is 36.2. The van der Waals surface area contributed by atoms with Crippen molar-refractivity contribution in [2.45, 2.75) is 116 Å². The van der Waals surface area contributed by atoms with Crippen molar-refractivity contribution in [3.8, 4) is 5.75 Å². The van der Waals surface area contributed by atoms with Crippen LogP contribution in [0.5, 0.6) is 5.75 Å². The quantitative estimate of drug-likeness (QED) is 0.0702. The number of phosphoric ester groups is 1. The fourth-order valence-corrected chi connectivity index (χ4v) is 5.99. The van der Waals surface area contributed by atoms with Crippen LogP contribution in [-0.4, -0.2) is 37.9 Å². The van der Waals surface area contributed by atoms with E-state index in [2.05, 4.69) is 24.6 Å². The molecule has 7 nitrogen and oxygen atoms in total. The fraction of sp³-hybridized carbons (Fsp3) is 0.710. The van der Waals surface area contributed by atoms with E-state index in [-0.39, 0.29) is 6.61 Å². The second-order valence-electron chi connectivity index (χ2n) is 10.7. The lowest BCUT2D eigenvalue weighted by atomic mass is 10.0. The maximum absolute atomic E-state index is 12.5. The molecule has 2 aromatic rings. The molecule has 0 amide bonds. The zero-order valence-corrected chi connectivity index (χ0v) is 26.8. The van der Waals surface area contributed by atoms with Crippen molar-refractivity contribution in [3.05, 3.63) is 46.4 Å². The number of hydrogen-bond donors (Lipinski definition) is 1. The van der Waals surface area contributed by atoms with E-state index in [4.69, 9.17) is 18.5 Å². The Morgan fingerprint density at radius 3 is 2.12 bits per heavy atom. The van der Waals surface area contributed by atoms with Gasteiger partial charge in [-0.1, -0.05) is 114 Å². The predicted molar refractivity (Wildman–Crippen MR) is 163 cm³/mol. The second-order valence-corrected chi connectivity index (χ2v) is 13.1. The van der Waals surface area contributed by atoms with Crippen LogP contribution in [0.2, 0.25) is 0 Å². The third kappa shape index (κ3) is 16.9. The van der Waals surface area contributed by atoms with Gasteiger partial charge >= 0.3 is 7.82 Å². The summed E-state index contributed by atoms with van der Waals surface area (Å²) in [6.07, 6.45) is 20.1. The maximum atomic E-state index is 12.5. The minimum atomic E-state index is -4.30. The molecule has 1 heterocycles. The Kier molecular flexibility index (Phi) is 18.7. The van der Waals surface area contributed by atoms with E-state index in [0.29, 0.717) is 25.5 Å². The SMILES string of the molecule is CCCCCCCCCCCCCCCCOCC(COP(=O)(O)Oc1cccc(C[n+]2csc(C)c2)c1)OC. The summed E-state index contributed by atoms with van der Waals surface area (Å²) in [5.74, 6) is 0.291. The van der Waals surface area contributed by atoms with Crippen LogP contribution < -0.4 is 9.09 Å². The van der Waals surface area contributed by atoms with Gasteiger partial charge in [-0.05, 0) is 25.5 Å². The lowest BCUT2D eigenvalue weighted by Crippen LogP contribution is -2.30. The number of aromatic nitrogens is 1. The van der Waals surface area contributed by atoms with Crippen molar-refractivity contribution >= 4 is 19.2 Å². The highest BCUT2D eigenvalue weighted by Crippen LogP contribution is 2.44. The van der Waals surface area contributed by atoms with Crippen LogP contribution in [0, 0.1) is 6.92 Å². The largest absolute Gasteiger partial charge is 0.527 e. The van der Waals surface area contributed by atoms with Gasteiger partial charge < -0.3 is 14.0 Å². The van der Waals surface area contributed by atoms with Crippen molar-refractivity contribution in [3.63, 3.8) is 0 Å². The average Bonchev–Trinajstić information content (AvgIpc) is 3.34. The summed E-state index contributed by atoms with van der Waals surface area (Å²) >= 11 is 1.67. The third-order valence-corrected chi connectivity index (χ3v) is 8.68. The van der Waals surface area contributed by atoms with Crippen LogP contribution in [0.3, 0.4) is 0 Å². The molecule has 0 aliphatic carbocycles. The monoisotopic (exact) mass is 598 g/mol. The summed E-state index contributed by atoms with van der Waals surface area (Å²) in [4.78, 5) is 11.4. The van der Waals surface area contributed by atoms with Gasteiger partial charge in [-0.25, -0.2) is 4.57 Å². The van der Waals surface area contributed by atoms with Gasteiger partial charge in [0.15, 0.2) is 12.7 Å². The van der Waals surface area contributed by atoms with E-state index in [1.165, 1.54) is 81.9 Å². The van der Waals surface area contributed by atoms with Gasteiger partial charge in [-0.3, -0.25) is 9.42 Å². The zero-order valence-electron chi connectivity index (χ0n) is 25.1. The molecular formula is C31H53NO6PS+. The molecule has 1 aromatic carbocycles. The minimum absolute atomic E-state index is 0.0905. The molecule has 9 heteroatoms. The summed E-state index contributed by atoms with van der Waals surface area (Å²) in [7, 11) is -2.75. The Bertz CT molecular complexity index is 955. The molecule has 1 aromatic heterocycles. The summed E-state index contributed by atoms with van der Waals surface area (Å²) in [6.45, 7) is 5.85. The van der Waals surface area contributed by atoms with Crippen molar-refractivity contribution in [1.29, 1.82) is 0 Å². The van der Waals surface area contributed by atoms with E-state index < -0.39 is 13.9 Å². The average molecular weight is 599 g/mol. The van der Waals surface area contributed by atoms with Crippen LogP contribution in [0.25, 0.3) is 0 Å². The number of nitrogens with zero attached hydrogens (tertiary/aromatic N) is 1. The number of methoxy groups -OCH3 is 1. The lowest BCUT2D eigenvalue weighted by Gasteiger charge is -2.18. The number of thiazole rings is 1. The Labute approximate surface area is 246 Å². The van der Waals surface area contributed by atoms with Crippen LogP contribution in [-0.2, 0) is 25.1 Å². The maximum Gasteiger partial charge on any atom is 0.527 e. The van der Waals surface area contributed by atoms with Gasteiger partial charge in [-0.15, -0.1) is 0 Å². The third-order valence-electron chi connectivity index (χ3n) is 6.91. The first kappa shape index (κ1) is 34.9. The fourth-order valence-electron chi connectivity index (χ4n) is 4.57. The second kappa shape index (κ2) is 21.4. The molecule has 2 rings (SSSR count). The summed E-state index contributed by atoms with van der Waals surface area (Å²) in [6, 6.07) is 7.14. The number of phosphoric acid groups is 1. The van der Waals surface area contributed by atoms with Gasteiger partial charge in [0.25, 0.3) is 0 Å². The van der Waals surface area contributed by atoms with Crippen LogP contribution in [0.1, 0.15) is 107 Å². The standard InChI is InChI=1S/C31H52NO6PS/c1-4-5-6-7-8-9-10-11-12-13-14-15-16-17-21-36-25-31(35-3)26-37-39(33,34)38-30-20-18-19-29(22-30)24-32-23-28(2)40-27-32/h18-20,22-23,27,31H,4-17,21,24-26H2,1-3H3/p+1. The molecule has 2 unspecified atom stereocenters. The molecule has 0 bridgehead atoms. The number of aryl methyl sites for hydroxylation is 1. The highest BCUT2D eigenvalue weighted by Gasteiger charge is 2.25. The molecular weight excluding hydrogens is 545 g/mol. The molecule has 0 aliphatic rings. The number of benzene rings is 1. The lowest BCUT2D eigenvalue weighted by molar-refractivity contribution is -0.683. The Morgan fingerprint density at radius 2 is 1.55 bits per heavy atom. The first-order valence-electron chi connectivity index (χ1n) is 15.2. The molecule has 0 spiro atoms. The van der Waals surface area contributed by atoms with Crippen LogP contribution in [0.4, 0.5) is 0 Å². The van der Waals surface area contributed by atoms with Gasteiger partial charge in [0, 0.05) is 19.3 Å². The molecule has 1 N–H and O–H groups in total. The normalized spacial score (nSPS) is 13.8. The van der Waals surface area contributed by atoms with Crippen LogP contribution >= 0.6 is 19.2 Å². The molecule has 0 radical (unpaired) electrons. The van der Waals surface area contributed by atoms with E-state index in [1.807, 2.05) is 11.6 Å². The molecule has 0 fully saturated rings. The van der Waals surface area contributed by atoms with Crippen molar-refractivity contribution in [2.75, 3.05) is 26.9 Å².